The molecule has 1 aliphatic heterocycles. The number of quaternary nitrogens is 1. The van der Waals surface area contributed by atoms with Crippen molar-refractivity contribution in [3.63, 3.8) is 0 Å². The molecule has 0 bridgehead atoms. The molecule has 2 rings (SSSR count). The van der Waals surface area contributed by atoms with Gasteiger partial charge in [0.15, 0.2) is 5.11 Å². The van der Waals surface area contributed by atoms with Gasteiger partial charge in [-0.25, -0.2) is 0 Å². The maximum atomic E-state index is 5.36. The summed E-state index contributed by atoms with van der Waals surface area (Å²) in [5.74, 6) is 1.02. The van der Waals surface area contributed by atoms with Gasteiger partial charge in [0, 0.05) is 30.2 Å². The minimum absolute atomic E-state index is 0.769. The van der Waals surface area contributed by atoms with E-state index in [1.807, 2.05) is 17.8 Å². The van der Waals surface area contributed by atoms with E-state index < -0.39 is 0 Å². The Morgan fingerprint density at radius 2 is 1.86 bits per heavy atom. The molecule has 0 unspecified atom stereocenters. The van der Waals surface area contributed by atoms with E-state index in [0.29, 0.717) is 0 Å². The van der Waals surface area contributed by atoms with Crippen LogP contribution in [0.15, 0.2) is 35.2 Å². The second-order valence-electron chi connectivity index (χ2n) is 5.31. The van der Waals surface area contributed by atoms with Crippen LogP contribution in [0.5, 0.6) is 0 Å². The average Bonchev–Trinajstić information content (AvgIpc) is 2.57. The van der Waals surface area contributed by atoms with Gasteiger partial charge in [-0.05, 0) is 24.4 Å². The van der Waals surface area contributed by atoms with Crippen molar-refractivity contribution in [2.75, 3.05) is 51.7 Å². The third-order valence-corrected chi connectivity index (χ3v) is 4.89. The molecule has 1 heterocycles. The largest absolute Gasteiger partial charge is 0.370 e. The van der Waals surface area contributed by atoms with Crippen LogP contribution in [0.25, 0.3) is 0 Å². The first kappa shape index (κ1) is 17.5. The SMILES string of the molecule is S=C(NCCC[NH+]1CCOCC1)NCCSc1ccccc1. The molecule has 1 aromatic rings. The van der Waals surface area contributed by atoms with Crippen LogP contribution in [0, 0.1) is 0 Å². The van der Waals surface area contributed by atoms with Crippen molar-refractivity contribution in [1.29, 1.82) is 0 Å². The summed E-state index contributed by atoms with van der Waals surface area (Å²) in [5.41, 5.74) is 0. The summed E-state index contributed by atoms with van der Waals surface area (Å²) < 4.78 is 5.36. The number of ether oxygens (including phenoxy) is 1. The van der Waals surface area contributed by atoms with Gasteiger partial charge in [-0.1, -0.05) is 18.2 Å². The monoisotopic (exact) mass is 340 g/mol. The van der Waals surface area contributed by atoms with Crippen LogP contribution < -0.4 is 15.5 Å². The van der Waals surface area contributed by atoms with Crippen LogP contribution in [-0.4, -0.2) is 56.8 Å². The van der Waals surface area contributed by atoms with E-state index in [9.17, 15) is 0 Å². The van der Waals surface area contributed by atoms with Gasteiger partial charge in [0.1, 0.15) is 13.1 Å². The topological polar surface area (TPSA) is 37.7 Å². The summed E-state index contributed by atoms with van der Waals surface area (Å²) in [6.45, 7) is 7.12. The molecule has 1 aliphatic rings. The van der Waals surface area contributed by atoms with E-state index in [0.717, 1.165) is 56.7 Å². The number of nitrogens with one attached hydrogen (secondary N) is 3. The Balaban J connectivity index is 1.44. The quantitative estimate of drug-likeness (QED) is 0.366. The van der Waals surface area contributed by atoms with Crippen LogP contribution in [0.4, 0.5) is 0 Å². The molecule has 22 heavy (non-hydrogen) atoms. The lowest BCUT2D eigenvalue weighted by molar-refractivity contribution is -0.908. The van der Waals surface area contributed by atoms with Gasteiger partial charge in [0.25, 0.3) is 0 Å². The van der Waals surface area contributed by atoms with E-state index >= 15 is 0 Å². The molecule has 0 saturated carbocycles. The lowest BCUT2D eigenvalue weighted by Gasteiger charge is -2.23. The Morgan fingerprint density at radius 3 is 2.64 bits per heavy atom. The first-order valence-corrected chi connectivity index (χ1v) is 9.35. The number of benzene rings is 1. The van der Waals surface area contributed by atoms with Crippen LogP contribution in [0.1, 0.15) is 6.42 Å². The molecule has 3 N–H and O–H groups in total. The fourth-order valence-corrected chi connectivity index (χ4v) is 3.36. The maximum Gasteiger partial charge on any atom is 0.166 e. The lowest BCUT2D eigenvalue weighted by atomic mass is 10.3. The second kappa shape index (κ2) is 10.8. The first-order chi connectivity index (χ1) is 10.8. The number of hydrogen-bond donors (Lipinski definition) is 3. The molecule has 0 aliphatic carbocycles. The van der Waals surface area contributed by atoms with Crippen molar-refractivity contribution in [3.8, 4) is 0 Å². The van der Waals surface area contributed by atoms with Crippen molar-refractivity contribution in [2.45, 2.75) is 11.3 Å². The predicted octanol–water partition coefficient (Wildman–Crippen LogP) is 0.548. The Kier molecular flexibility index (Phi) is 8.63. The standard InChI is InChI=1S/C16H25N3OS2/c21-16(17-7-4-9-19-10-12-20-13-11-19)18-8-14-22-15-5-2-1-3-6-15/h1-3,5-6H,4,7-14H2,(H2,17,18,21)/p+1. The van der Waals surface area contributed by atoms with E-state index in [4.69, 9.17) is 17.0 Å². The van der Waals surface area contributed by atoms with E-state index in [-0.39, 0.29) is 0 Å². The fraction of sp³-hybridized carbons (Fsp3) is 0.562. The summed E-state index contributed by atoms with van der Waals surface area (Å²) in [5, 5.41) is 7.32. The van der Waals surface area contributed by atoms with Gasteiger partial charge in [0.2, 0.25) is 0 Å². The van der Waals surface area contributed by atoms with Crippen molar-refractivity contribution in [1.82, 2.24) is 10.6 Å². The van der Waals surface area contributed by atoms with Crippen LogP contribution in [-0.2, 0) is 4.74 Å². The minimum Gasteiger partial charge on any atom is -0.370 e. The zero-order valence-electron chi connectivity index (χ0n) is 13.0. The third-order valence-electron chi connectivity index (χ3n) is 3.59. The minimum atomic E-state index is 0.769. The van der Waals surface area contributed by atoms with Gasteiger partial charge < -0.3 is 20.3 Å². The number of thioether (sulfide) groups is 1. The molecule has 1 saturated heterocycles. The Labute approximate surface area is 143 Å². The molecule has 0 spiro atoms. The summed E-state index contributed by atoms with van der Waals surface area (Å²) >= 11 is 7.14. The highest BCUT2D eigenvalue weighted by atomic mass is 32.2. The van der Waals surface area contributed by atoms with Crippen LogP contribution in [0.2, 0.25) is 0 Å². The summed E-state index contributed by atoms with van der Waals surface area (Å²) in [6.07, 6.45) is 1.15. The molecule has 0 radical (unpaired) electrons. The molecular weight excluding hydrogens is 314 g/mol. The van der Waals surface area contributed by atoms with Gasteiger partial charge >= 0.3 is 0 Å². The predicted molar refractivity (Wildman–Crippen MR) is 96.8 cm³/mol. The number of rotatable bonds is 8. The van der Waals surface area contributed by atoms with Crippen molar-refractivity contribution < 1.29 is 9.64 Å². The molecule has 1 aromatic carbocycles. The summed E-state index contributed by atoms with van der Waals surface area (Å²) in [4.78, 5) is 2.95. The maximum absolute atomic E-state index is 5.36. The van der Waals surface area contributed by atoms with Crippen molar-refractivity contribution in [3.05, 3.63) is 30.3 Å². The van der Waals surface area contributed by atoms with Crippen molar-refractivity contribution in [2.24, 2.45) is 0 Å². The van der Waals surface area contributed by atoms with Gasteiger partial charge in [-0.15, -0.1) is 11.8 Å². The van der Waals surface area contributed by atoms with E-state index in [1.165, 1.54) is 11.4 Å². The highest BCUT2D eigenvalue weighted by Gasteiger charge is 2.12. The molecule has 4 nitrogen and oxygen atoms in total. The zero-order chi connectivity index (χ0) is 15.5. The van der Waals surface area contributed by atoms with Gasteiger partial charge in [0.05, 0.1) is 19.8 Å². The number of morpholine rings is 1. The molecule has 122 valence electrons. The Morgan fingerprint density at radius 1 is 1.14 bits per heavy atom. The Hall–Kier alpha value is -0.820. The second-order valence-corrected chi connectivity index (χ2v) is 6.89. The smallest absolute Gasteiger partial charge is 0.166 e. The molecule has 0 amide bonds. The number of thiocarbonyl (C=S) groups is 1. The lowest BCUT2D eigenvalue weighted by Crippen LogP contribution is -3.14. The van der Waals surface area contributed by atoms with E-state index in [1.54, 1.807) is 4.90 Å². The highest BCUT2D eigenvalue weighted by Crippen LogP contribution is 2.15. The van der Waals surface area contributed by atoms with Crippen molar-refractivity contribution >= 4 is 29.1 Å². The van der Waals surface area contributed by atoms with E-state index in [2.05, 4.69) is 34.9 Å². The summed E-state index contributed by atoms with van der Waals surface area (Å²) in [6, 6.07) is 10.4. The van der Waals surface area contributed by atoms with Gasteiger partial charge in [-0.3, -0.25) is 0 Å². The molecule has 6 heteroatoms. The summed E-state index contributed by atoms with van der Waals surface area (Å²) in [7, 11) is 0. The van der Waals surface area contributed by atoms with Gasteiger partial charge in [-0.2, -0.15) is 0 Å². The Bertz CT molecular complexity index is 425. The fourth-order valence-electron chi connectivity index (χ4n) is 2.36. The molecule has 0 atom stereocenters. The zero-order valence-corrected chi connectivity index (χ0v) is 14.6. The first-order valence-electron chi connectivity index (χ1n) is 7.95. The van der Waals surface area contributed by atoms with Crippen LogP contribution >= 0.6 is 24.0 Å². The highest BCUT2D eigenvalue weighted by molar-refractivity contribution is 7.99. The average molecular weight is 341 g/mol. The molecular formula is C16H26N3OS2+. The third kappa shape index (κ3) is 7.45. The molecule has 1 fully saturated rings. The molecule has 0 aromatic heterocycles. The van der Waals surface area contributed by atoms with Crippen LogP contribution in [0.3, 0.4) is 0 Å². The normalized spacial score (nSPS) is 15.5. The number of hydrogen-bond acceptors (Lipinski definition) is 3.